The highest BCUT2D eigenvalue weighted by Gasteiger charge is 2.27. The van der Waals surface area contributed by atoms with Crippen LogP contribution in [0.3, 0.4) is 0 Å². The van der Waals surface area contributed by atoms with Crippen LogP contribution in [0.1, 0.15) is 46.5 Å². The standard InChI is InChI=1S/C15H26N4/c1-4-9-16-15-17-10-8-14(19-15)18-13-7-5-6-11(2)12(13)3/h8,10-13H,4-7,9H2,1-3H3,(H2,16,17,18,19). The number of nitrogens with zero attached hydrogens (tertiary/aromatic N) is 2. The summed E-state index contributed by atoms with van der Waals surface area (Å²) in [5.41, 5.74) is 0. The largest absolute Gasteiger partial charge is 0.367 e. The van der Waals surface area contributed by atoms with Crippen molar-refractivity contribution in [3.63, 3.8) is 0 Å². The third-order valence-corrected chi connectivity index (χ3v) is 4.23. The molecule has 4 heteroatoms. The van der Waals surface area contributed by atoms with E-state index in [0.29, 0.717) is 12.0 Å². The lowest BCUT2D eigenvalue weighted by Crippen LogP contribution is -2.35. The van der Waals surface area contributed by atoms with Crippen molar-refractivity contribution >= 4 is 11.8 Å². The minimum absolute atomic E-state index is 0.540. The van der Waals surface area contributed by atoms with Crippen molar-refractivity contribution in [2.75, 3.05) is 17.2 Å². The van der Waals surface area contributed by atoms with Crippen LogP contribution in [0.4, 0.5) is 11.8 Å². The molecule has 1 heterocycles. The lowest BCUT2D eigenvalue weighted by Gasteiger charge is -2.34. The summed E-state index contributed by atoms with van der Waals surface area (Å²) in [5, 5.41) is 6.82. The third-order valence-electron chi connectivity index (χ3n) is 4.23. The Morgan fingerprint density at radius 2 is 2.16 bits per heavy atom. The second-order valence-electron chi connectivity index (χ2n) is 5.71. The highest BCUT2D eigenvalue weighted by molar-refractivity contribution is 5.40. The fraction of sp³-hybridized carbons (Fsp3) is 0.733. The molecule has 3 atom stereocenters. The fourth-order valence-corrected chi connectivity index (χ4v) is 2.74. The van der Waals surface area contributed by atoms with E-state index in [1.54, 1.807) is 0 Å². The van der Waals surface area contributed by atoms with E-state index in [1.165, 1.54) is 19.3 Å². The van der Waals surface area contributed by atoms with Gasteiger partial charge in [0.1, 0.15) is 5.82 Å². The molecule has 2 rings (SSSR count). The molecule has 3 unspecified atom stereocenters. The van der Waals surface area contributed by atoms with Crippen LogP contribution < -0.4 is 10.6 Å². The topological polar surface area (TPSA) is 49.8 Å². The lowest BCUT2D eigenvalue weighted by atomic mass is 9.78. The molecule has 1 saturated carbocycles. The molecule has 0 amide bonds. The molecule has 1 aliphatic carbocycles. The first-order valence-corrected chi connectivity index (χ1v) is 7.54. The smallest absolute Gasteiger partial charge is 0.224 e. The maximum Gasteiger partial charge on any atom is 0.224 e. The van der Waals surface area contributed by atoms with Gasteiger partial charge in [-0.15, -0.1) is 0 Å². The van der Waals surface area contributed by atoms with Gasteiger partial charge in [-0.1, -0.05) is 33.6 Å². The minimum atomic E-state index is 0.540. The van der Waals surface area contributed by atoms with Gasteiger partial charge < -0.3 is 10.6 Å². The van der Waals surface area contributed by atoms with Crippen LogP contribution in [0.2, 0.25) is 0 Å². The van der Waals surface area contributed by atoms with Crippen LogP contribution in [0.15, 0.2) is 12.3 Å². The number of rotatable bonds is 5. The summed E-state index contributed by atoms with van der Waals surface area (Å²) in [7, 11) is 0. The number of anilines is 2. The van der Waals surface area contributed by atoms with Gasteiger partial charge >= 0.3 is 0 Å². The predicted molar refractivity (Wildman–Crippen MR) is 80.4 cm³/mol. The van der Waals surface area contributed by atoms with E-state index in [9.17, 15) is 0 Å². The van der Waals surface area contributed by atoms with E-state index in [2.05, 4.69) is 41.4 Å². The monoisotopic (exact) mass is 262 g/mol. The zero-order valence-corrected chi connectivity index (χ0v) is 12.3. The number of hydrogen-bond donors (Lipinski definition) is 2. The molecule has 19 heavy (non-hydrogen) atoms. The van der Waals surface area contributed by atoms with Gasteiger partial charge in [0, 0.05) is 18.8 Å². The van der Waals surface area contributed by atoms with Crippen LogP contribution >= 0.6 is 0 Å². The fourth-order valence-electron chi connectivity index (χ4n) is 2.74. The summed E-state index contributed by atoms with van der Waals surface area (Å²) in [5.74, 6) is 3.17. The van der Waals surface area contributed by atoms with Crippen molar-refractivity contribution in [3.05, 3.63) is 12.3 Å². The Bertz CT molecular complexity index is 393. The van der Waals surface area contributed by atoms with E-state index in [1.807, 2.05) is 12.3 Å². The molecule has 1 aromatic rings. The highest BCUT2D eigenvalue weighted by Crippen LogP contribution is 2.31. The molecular formula is C15H26N4. The van der Waals surface area contributed by atoms with Crippen molar-refractivity contribution in [2.45, 2.75) is 52.5 Å². The zero-order chi connectivity index (χ0) is 13.7. The minimum Gasteiger partial charge on any atom is -0.367 e. The average Bonchev–Trinajstić information content (AvgIpc) is 2.42. The Hall–Kier alpha value is -1.32. The SMILES string of the molecule is CCCNc1nccc(NC2CCCC(C)C2C)n1. The Morgan fingerprint density at radius 1 is 1.32 bits per heavy atom. The summed E-state index contributed by atoms with van der Waals surface area (Å²) in [6.45, 7) is 7.76. The molecule has 1 fully saturated rings. The van der Waals surface area contributed by atoms with Crippen molar-refractivity contribution in [2.24, 2.45) is 11.8 Å². The molecule has 106 valence electrons. The van der Waals surface area contributed by atoms with Gasteiger partial charge in [-0.05, 0) is 30.7 Å². The Kier molecular flexibility index (Phi) is 5.00. The summed E-state index contributed by atoms with van der Waals surface area (Å²) < 4.78 is 0. The highest BCUT2D eigenvalue weighted by atomic mass is 15.1. The first kappa shape index (κ1) is 14.1. The second kappa shape index (κ2) is 6.73. The molecule has 1 aliphatic rings. The second-order valence-corrected chi connectivity index (χ2v) is 5.71. The van der Waals surface area contributed by atoms with Gasteiger partial charge in [0.2, 0.25) is 5.95 Å². The summed E-state index contributed by atoms with van der Waals surface area (Å²) in [4.78, 5) is 8.77. The van der Waals surface area contributed by atoms with Gasteiger partial charge in [0.15, 0.2) is 0 Å². The zero-order valence-electron chi connectivity index (χ0n) is 12.3. The molecule has 2 N–H and O–H groups in total. The summed E-state index contributed by atoms with van der Waals surface area (Å²) in [6.07, 6.45) is 6.82. The molecule has 1 aromatic heterocycles. The van der Waals surface area contributed by atoms with Gasteiger partial charge in [-0.25, -0.2) is 4.98 Å². The van der Waals surface area contributed by atoms with Crippen LogP contribution in [0, 0.1) is 11.8 Å². The van der Waals surface area contributed by atoms with Crippen molar-refractivity contribution in [1.82, 2.24) is 9.97 Å². The van der Waals surface area contributed by atoms with Crippen molar-refractivity contribution in [1.29, 1.82) is 0 Å². The van der Waals surface area contributed by atoms with E-state index >= 15 is 0 Å². The first-order valence-electron chi connectivity index (χ1n) is 7.54. The molecule has 0 aliphatic heterocycles. The predicted octanol–water partition coefficient (Wildman–Crippen LogP) is 3.54. The van der Waals surface area contributed by atoms with E-state index in [-0.39, 0.29) is 0 Å². The summed E-state index contributed by atoms with van der Waals surface area (Å²) in [6, 6.07) is 2.50. The molecule has 0 bridgehead atoms. The Labute approximate surface area is 116 Å². The van der Waals surface area contributed by atoms with Crippen LogP contribution in [-0.2, 0) is 0 Å². The lowest BCUT2D eigenvalue weighted by molar-refractivity contribution is 0.253. The van der Waals surface area contributed by atoms with Crippen molar-refractivity contribution in [3.8, 4) is 0 Å². The molecular weight excluding hydrogens is 236 g/mol. The van der Waals surface area contributed by atoms with Crippen molar-refractivity contribution < 1.29 is 0 Å². The first-order chi connectivity index (χ1) is 9.20. The van der Waals surface area contributed by atoms with Gasteiger partial charge in [-0.2, -0.15) is 4.98 Å². The average molecular weight is 262 g/mol. The van der Waals surface area contributed by atoms with Gasteiger partial charge in [0.25, 0.3) is 0 Å². The van der Waals surface area contributed by atoms with Crippen LogP contribution in [-0.4, -0.2) is 22.6 Å². The van der Waals surface area contributed by atoms with Crippen LogP contribution in [0.5, 0.6) is 0 Å². The third kappa shape index (κ3) is 3.82. The molecule has 0 radical (unpaired) electrons. The normalized spacial score (nSPS) is 27.0. The molecule has 0 aromatic carbocycles. The number of hydrogen-bond acceptors (Lipinski definition) is 4. The molecule has 0 spiro atoms. The van der Waals surface area contributed by atoms with E-state index in [4.69, 9.17) is 0 Å². The van der Waals surface area contributed by atoms with E-state index in [0.717, 1.165) is 30.6 Å². The number of aromatic nitrogens is 2. The van der Waals surface area contributed by atoms with Gasteiger partial charge in [-0.3, -0.25) is 0 Å². The van der Waals surface area contributed by atoms with E-state index < -0.39 is 0 Å². The maximum atomic E-state index is 4.53. The van der Waals surface area contributed by atoms with Gasteiger partial charge in [0.05, 0.1) is 0 Å². The Balaban J connectivity index is 1.98. The Morgan fingerprint density at radius 3 is 2.95 bits per heavy atom. The molecule has 4 nitrogen and oxygen atoms in total. The molecule has 0 saturated heterocycles. The summed E-state index contributed by atoms with van der Waals surface area (Å²) >= 11 is 0. The number of nitrogens with one attached hydrogen (secondary N) is 2. The maximum absolute atomic E-state index is 4.53. The van der Waals surface area contributed by atoms with Crippen LogP contribution in [0.25, 0.3) is 0 Å². The quantitative estimate of drug-likeness (QED) is 0.852.